The number of fused-ring (bicyclic) bond motifs is 1. The van der Waals surface area contributed by atoms with Crippen LogP contribution in [0.2, 0.25) is 0 Å². The van der Waals surface area contributed by atoms with Crippen LogP contribution in [0.15, 0.2) is 66.7 Å². The summed E-state index contributed by atoms with van der Waals surface area (Å²) in [5.74, 6) is -0.801. The molecule has 1 heterocycles. The Bertz CT molecular complexity index is 1100. The molecule has 0 saturated carbocycles. The summed E-state index contributed by atoms with van der Waals surface area (Å²) in [6, 6.07) is 19.5. The maximum absolute atomic E-state index is 12.9. The van der Waals surface area contributed by atoms with Crippen LogP contribution in [0.5, 0.6) is 0 Å². The fraction of sp³-hybridized carbons (Fsp3) is 0.174. The monoisotopic (exact) mass is 387 g/mol. The third-order valence-electron chi connectivity index (χ3n) is 5.13. The number of nitrogens with zero attached hydrogens (tertiary/aromatic N) is 2. The van der Waals surface area contributed by atoms with Crippen LogP contribution >= 0.6 is 0 Å². The quantitative estimate of drug-likeness (QED) is 0.690. The van der Waals surface area contributed by atoms with Crippen molar-refractivity contribution < 1.29 is 14.4 Å². The number of aryl methyl sites for hydroxylation is 1. The predicted molar refractivity (Wildman–Crippen MR) is 113 cm³/mol. The van der Waals surface area contributed by atoms with Crippen molar-refractivity contribution in [2.75, 3.05) is 16.8 Å². The number of carbonyl (C=O) groups excluding carboxylic acids is 3. The van der Waals surface area contributed by atoms with Crippen LogP contribution in [0.1, 0.15) is 12.5 Å². The SMILES string of the molecule is Cc1ccc(N2C(=O)N(CC(=O)Nc3cccc4ccccc34)C(=O)C2C)cc1. The Labute approximate surface area is 168 Å². The van der Waals surface area contributed by atoms with Crippen molar-refractivity contribution in [1.82, 2.24) is 4.90 Å². The number of anilines is 2. The normalized spacial score (nSPS) is 16.6. The molecule has 1 atom stereocenters. The molecule has 6 heteroatoms. The number of imide groups is 1. The molecule has 1 aliphatic heterocycles. The molecule has 1 N–H and O–H groups in total. The molecule has 1 fully saturated rings. The minimum absolute atomic E-state index is 0.326. The lowest BCUT2D eigenvalue weighted by Crippen LogP contribution is -2.39. The Morgan fingerprint density at radius 3 is 2.41 bits per heavy atom. The molecule has 3 aromatic carbocycles. The summed E-state index contributed by atoms with van der Waals surface area (Å²) < 4.78 is 0. The Kier molecular flexibility index (Phi) is 4.76. The lowest BCUT2D eigenvalue weighted by molar-refractivity contribution is -0.130. The molecule has 29 heavy (non-hydrogen) atoms. The van der Waals surface area contributed by atoms with E-state index < -0.39 is 18.0 Å². The fourth-order valence-electron chi connectivity index (χ4n) is 3.58. The third kappa shape index (κ3) is 3.45. The smallest absolute Gasteiger partial charge is 0.324 e. The van der Waals surface area contributed by atoms with Crippen LogP contribution in [-0.4, -0.2) is 35.3 Å². The standard InChI is InChI=1S/C23H21N3O3/c1-15-10-12-18(13-11-15)26-16(2)22(28)25(23(26)29)14-21(27)24-20-9-5-7-17-6-3-4-8-19(17)20/h3-13,16H,14H2,1-2H3,(H,24,27). The Morgan fingerprint density at radius 2 is 1.66 bits per heavy atom. The summed E-state index contributed by atoms with van der Waals surface area (Å²) in [5.41, 5.74) is 2.35. The van der Waals surface area contributed by atoms with Crippen molar-refractivity contribution in [3.8, 4) is 0 Å². The number of benzene rings is 3. The van der Waals surface area contributed by atoms with Crippen molar-refractivity contribution in [2.24, 2.45) is 0 Å². The van der Waals surface area contributed by atoms with E-state index in [1.54, 1.807) is 25.1 Å². The highest BCUT2D eigenvalue weighted by atomic mass is 16.2. The van der Waals surface area contributed by atoms with Crippen LogP contribution in [0.25, 0.3) is 10.8 Å². The number of carbonyl (C=O) groups is 3. The molecule has 1 saturated heterocycles. The van der Waals surface area contributed by atoms with Gasteiger partial charge in [0, 0.05) is 16.8 Å². The molecule has 1 unspecified atom stereocenters. The van der Waals surface area contributed by atoms with Crippen LogP contribution in [0.4, 0.5) is 16.2 Å². The average molecular weight is 387 g/mol. The van der Waals surface area contributed by atoms with Crippen LogP contribution < -0.4 is 10.2 Å². The fourth-order valence-corrected chi connectivity index (χ4v) is 3.58. The molecule has 4 rings (SSSR count). The van der Waals surface area contributed by atoms with Crippen LogP contribution in [0.3, 0.4) is 0 Å². The maximum atomic E-state index is 12.9. The lowest BCUT2D eigenvalue weighted by Gasteiger charge is -2.19. The Hall–Kier alpha value is -3.67. The van der Waals surface area contributed by atoms with E-state index in [2.05, 4.69) is 5.32 Å². The summed E-state index contributed by atoms with van der Waals surface area (Å²) in [7, 11) is 0. The van der Waals surface area contributed by atoms with Crippen molar-refractivity contribution in [3.05, 3.63) is 72.3 Å². The van der Waals surface area contributed by atoms with Crippen LogP contribution in [-0.2, 0) is 9.59 Å². The van der Waals surface area contributed by atoms with Gasteiger partial charge in [0.2, 0.25) is 5.91 Å². The van der Waals surface area contributed by atoms with Gasteiger partial charge in [-0.25, -0.2) is 4.79 Å². The van der Waals surface area contributed by atoms with Gasteiger partial charge in [0.1, 0.15) is 12.6 Å². The molecule has 4 amide bonds. The van der Waals surface area contributed by atoms with E-state index in [1.807, 2.05) is 55.5 Å². The van der Waals surface area contributed by atoms with Crippen molar-refractivity contribution >= 4 is 40.0 Å². The first kappa shape index (κ1) is 18.7. The van der Waals surface area contributed by atoms with E-state index in [0.717, 1.165) is 21.2 Å². The van der Waals surface area contributed by atoms with Gasteiger partial charge in [-0.1, -0.05) is 54.1 Å². The van der Waals surface area contributed by atoms with Gasteiger partial charge >= 0.3 is 6.03 Å². The summed E-state index contributed by atoms with van der Waals surface area (Å²) in [5, 5.41) is 4.72. The highest BCUT2D eigenvalue weighted by molar-refractivity contribution is 6.16. The minimum Gasteiger partial charge on any atom is -0.324 e. The second-order valence-electron chi connectivity index (χ2n) is 7.16. The minimum atomic E-state index is -0.657. The van der Waals surface area contributed by atoms with E-state index in [0.29, 0.717) is 11.4 Å². The average Bonchev–Trinajstić information content (AvgIpc) is 2.92. The summed E-state index contributed by atoms with van der Waals surface area (Å²) in [4.78, 5) is 40.6. The third-order valence-corrected chi connectivity index (χ3v) is 5.13. The first-order valence-electron chi connectivity index (χ1n) is 9.44. The molecule has 0 aliphatic carbocycles. The van der Waals surface area contributed by atoms with Gasteiger partial charge in [-0.3, -0.25) is 19.4 Å². The molecule has 0 spiro atoms. The van der Waals surface area contributed by atoms with Gasteiger partial charge in [-0.15, -0.1) is 0 Å². The lowest BCUT2D eigenvalue weighted by atomic mass is 10.1. The van der Waals surface area contributed by atoms with E-state index >= 15 is 0 Å². The predicted octanol–water partition coefficient (Wildman–Crippen LogP) is 3.94. The van der Waals surface area contributed by atoms with Gasteiger partial charge < -0.3 is 5.32 Å². The second kappa shape index (κ2) is 7.39. The molecule has 0 bridgehead atoms. The number of hydrogen-bond donors (Lipinski definition) is 1. The number of urea groups is 1. The zero-order valence-electron chi connectivity index (χ0n) is 16.3. The number of amides is 4. The number of nitrogens with one attached hydrogen (secondary N) is 1. The zero-order chi connectivity index (χ0) is 20.5. The number of rotatable bonds is 4. The molecular formula is C23H21N3O3. The first-order chi connectivity index (χ1) is 14.0. The van der Waals surface area contributed by atoms with Gasteiger partial charge in [-0.2, -0.15) is 0 Å². The van der Waals surface area contributed by atoms with Crippen molar-refractivity contribution in [1.29, 1.82) is 0 Å². The topological polar surface area (TPSA) is 69.7 Å². The molecular weight excluding hydrogens is 366 g/mol. The van der Waals surface area contributed by atoms with E-state index in [9.17, 15) is 14.4 Å². The zero-order valence-corrected chi connectivity index (χ0v) is 16.3. The molecule has 1 aliphatic rings. The maximum Gasteiger partial charge on any atom is 0.332 e. The van der Waals surface area contributed by atoms with Crippen LogP contribution in [0, 0.1) is 6.92 Å². The first-order valence-corrected chi connectivity index (χ1v) is 9.44. The van der Waals surface area contributed by atoms with Gasteiger partial charge in [0.05, 0.1) is 0 Å². The molecule has 6 nitrogen and oxygen atoms in total. The Balaban J connectivity index is 1.52. The van der Waals surface area contributed by atoms with Gasteiger partial charge in [0.25, 0.3) is 5.91 Å². The highest BCUT2D eigenvalue weighted by Crippen LogP contribution is 2.27. The number of hydrogen-bond acceptors (Lipinski definition) is 3. The van der Waals surface area contributed by atoms with E-state index in [4.69, 9.17) is 0 Å². The highest BCUT2D eigenvalue weighted by Gasteiger charge is 2.44. The second-order valence-corrected chi connectivity index (χ2v) is 7.16. The summed E-state index contributed by atoms with van der Waals surface area (Å²) in [6.07, 6.45) is 0. The Morgan fingerprint density at radius 1 is 0.966 bits per heavy atom. The summed E-state index contributed by atoms with van der Waals surface area (Å²) >= 11 is 0. The summed E-state index contributed by atoms with van der Waals surface area (Å²) in [6.45, 7) is 3.30. The van der Waals surface area contributed by atoms with E-state index in [1.165, 1.54) is 4.90 Å². The van der Waals surface area contributed by atoms with Crippen molar-refractivity contribution in [2.45, 2.75) is 19.9 Å². The molecule has 3 aromatic rings. The molecule has 146 valence electrons. The van der Waals surface area contributed by atoms with Gasteiger partial charge in [-0.05, 0) is 37.4 Å². The molecule has 0 radical (unpaired) electrons. The van der Waals surface area contributed by atoms with Crippen molar-refractivity contribution in [3.63, 3.8) is 0 Å². The van der Waals surface area contributed by atoms with Gasteiger partial charge in [0.15, 0.2) is 0 Å². The molecule has 0 aromatic heterocycles. The van der Waals surface area contributed by atoms with E-state index in [-0.39, 0.29) is 12.5 Å². The largest absolute Gasteiger partial charge is 0.332 e.